The fraction of sp³-hybridized carbons (Fsp3) is 0.118. The zero-order valence-corrected chi connectivity index (χ0v) is 10.9. The van der Waals surface area contributed by atoms with E-state index in [1.807, 2.05) is 43.3 Å². The minimum absolute atomic E-state index is 0.529. The summed E-state index contributed by atoms with van der Waals surface area (Å²) in [5, 5.41) is 0. The summed E-state index contributed by atoms with van der Waals surface area (Å²) in [5.74, 6) is 4.78. The van der Waals surface area contributed by atoms with E-state index in [0.717, 1.165) is 16.7 Å². The Hall–Kier alpha value is -2.53. The van der Waals surface area contributed by atoms with Crippen LogP contribution < -0.4 is 0 Å². The van der Waals surface area contributed by atoms with Crippen LogP contribution in [0.15, 0.2) is 48.5 Å². The molecule has 19 heavy (non-hydrogen) atoms. The Labute approximate surface area is 113 Å². The van der Waals surface area contributed by atoms with Gasteiger partial charge in [0.15, 0.2) is 0 Å². The van der Waals surface area contributed by atoms with Gasteiger partial charge in [-0.3, -0.25) is 0 Å². The first-order chi connectivity index (χ1) is 9.20. The predicted octanol–water partition coefficient (Wildman–Crippen LogP) is 3.19. The number of aryl methyl sites for hydroxylation is 1. The summed E-state index contributed by atoms with van der Waals surface area (Å²) >= 11 is 0. The third-order valence-corrected chi connectivity index (χ3v) is 2.77. The van der Waals surface area contributed by atoms with Crippen LogP contribution in [0.1, 0.15) is 11.1 Å². The molecule has 2 rings (SSSR count). The minimum Gasteiger partial charge on any atom is -0.459 e. The van der Waals surface area contributed by atoms with Gasteiger partial charge in [-0.05, 0) is 24.1 Å². The van der Waals surface area contributed by atoms with E-state index in [9.17, 15) is 4.79 Å². The third kappa shape index (κ3) is 3.23. The molecule has 2 aromatic carbocycles. The molecular weight excluding hydrogens is 236 g/mol. The van der Waals surface area contributed by atoms with Gasteiger partial charge in [0.05, 0.1) is 7.11 Å². The van der Waals surface area contributed by atoms with Gasteiger partial charge in [-0.1, -0.05) is 53.9 Å². The molecular formula is C17H14O2. The van der Waals surface area contributed by atoms with Gasteiger partial charge in [0, 0.05) is 11.5 Å². The number of hydrogen-bond donors (Lipinski definition) is 0. The van der Waals surface area contributed by atoms with Crippen molar-refractivity contribution in [2.45, 2.75) is 6.92 Å². The van der Waals surface area contributed by atoms with Crippen LogP contribution in [0, 0.1) is 18.8 Å². The van der Waals surface area contributed by atoms with Crippen molar-refractivity contribution in [3.05, 3.63) is 59.7 Å². The number of methoxy groups -OCH3 is 1. The Kier molecular flexibility index (Phi) is 4.00. The molecule has 0 saturated heterocycles. The average molecular weight is 250 g/mol. The zero-order valence-electron chi connectivity index (χ0n) is 10.9. The van der Waals surface area contributed by atoms with E-state index in [0.29, 0.717) is 0 Å². The van der Waals surface area contributed by atoms with Crippen LogP contribution in [0.3, 0.4) is 0 Å². The van der Waals surface area contributed by atoms with Gasteiger partial charge in [0.25, 0.3) is 0 Å². The van der Waals surface area contributed by atoms with Crippen LogP contribution in [-0.4, -0.2) is 13.1 Å². The first-order valence-electron chi connectivity index (χ1n) is 5.97. The lowest BCUT2D eigenvalue weighted by molar-refractivity contribution is -0.133. The molecule has 0 fully saturated rings. The van der Waals surface area contributed by atoms with Crippen LogP contribution in [0.5, 0.6) is 0 Å². The third-order valence-electron chi connectivity index (χ3n) is 2.77. The summed E-state index contributed by atoms with van der Waals surface area (Å²) < 4.78 is 4.52. The van der Waals surface area contributed by atoms with E-state index in [4.69, 9.17) is 0 Å². The Morgan fingerprint density at radius 1 is 1.05 bits per heavy atom. The minimum atomic E-state index is -0.529. The van der Waals surface area contributed by atoms with Crippen LogP contribution >= 0.6 is 0 Å². The summed E-state index contributed by atoms with van der Waals surface area (Å²) in [6, 6.07) is 16.0. The molecule has 2 heteroatoms. The molecule has 0 spiro atoms. The highest BCUT2D eigenvalue weighted by molar-refractivity contribution is 5.89. The summed E-state index contributed by atoms with van der Waals surface area (Å²) in [4.78, 5) is 11.1. The van der Waals surface area contributed by atoms with Crippen LogP contribution in [0.2, 0.25) is 0 Å². The normalized spacial score (nSPS) is 9.37. The standard InChI is InChI=1S/C17H14O2/c1-13-7-9-15(10-8-13)16-6-4-3-5-14(16)11-12-17(18)19-2/h3-10H,1-2H3. The number of carbonyl (C=O) groups excluding carboxylic acids is 1. The van der Waals surface area contributed by atoms with E-state index in [2.05, 4.69) is 28.7 Å². The lowest BCUT2D eigenvalue weighted by Crippen LogP contribution is -1.94. The van der Waals surface area contributed by atoms with Crippen molar-refractivity contribution in [3.8, 4) is 23.0 Å². The van der Waals surface area contributed by atoms with Gasteiger partial charge in [0.2, 0.25) is 0 Å². The second-order valence-corrected chi connectivity index (χ2v) is 4.15. The molecule has 0 heterocycles. The number of ether oxygens (including phenoxy) is 1. The highest BCUT2D eigenvalue weighted by Gasteiger charge is 2.02. The number of esters is 1. The first kappa shape index (κ1) is 12.9. The van der Waals surface area contributed by atoms with Gasteiger partial charge < -0.3 is 4.74 Å². The molecule has 0 bridgehead atoms. The zero-order chi connectivity index (χ0) is 13.7. The van der Waals surface area contributed by atoms with Gasteiger partial charge in [0.1, 0.15) is 0 Å². The van der Waals surface area contributed by atoms with Crippen molar-refractivity contribution >= 4 is 5.97 Å². The molecule has 0 unspecified atom stereocenters. The molecule has 94 valence electrons. The first-order valence-corrected chi connectivity index (χ1v) is 5.97. The van der Waals surface area contributed by atoms with Crippen molar-refractivity contribution in [1.82, 2.24) is 0 Å². The van der Waals surface area contributed by atoms with E-state index in [1.54, 1.807) is 0 Å². The second-order valence-electron chi connectivity index (χ2n) is 4.15. The highest BCUT2D eigenvalue weighted by atomic mass is 16.5. The Balaban J connectivity index is 2.43. The predicted molar refractivity (Wildman–Crippen MR) is 75.5 cm³/mol. The van der Waals surface area contributed by atoms with Crippen LogP contribution in [0.25, 0.3) is 11.1 Å². The molecule has 0 amide bonds. The number of rotatable bonds is 1. The van der Waals surface area contributed by atoms with E-state index >= 15 is 0 Å². The number of benzene rings is 2. The molecule has 0 N–H and O–H groups in total. The fourth-order valence-corrected chi connectivity index (χ4v) is 1.75. The van der Waals surface area contributed by atoms with Crippen molar-refractivity contribution in [3.63, 3.8) is 0 Å². The number of carbonyl (C=O) groups is 1. The molecule has 0 radical (unpaired) electrons. The lowest BCUT2D eigenvalue weighted by atomic mass is 9.99. The van der Waals surface area contributed by atoms with E-state index < -0.39 is 5.97 Å². The fourth-order valence-electron chi connectivity index (χ4n) is 1.75. The maximum absolute atomic E-state index is 11.1. The molecule has 0 aliphatic heterocycles. The van der Waals surface area contributed by atoms with Crippen LogP contribution in [-0.2, 0) is 9.53 Å². The molecule has 2 aromatic rings. The maximum atomic E-state index is 11.1. The van der Waals surface area contributed by atoms with Gasteiger partial charge in [-0.15, -0.1) is 0 Å². The lowest BCUT2D eigenvalue weighted by Gasteiger charge is -2.05. The largest absolute Gasteiger partial charge is 0.459 e. The molecule has 0 aliphatic carbocycles. The summed E-state index contributed by atoms with van der Waals surface area (Å²) in [6.07, 6.45) is 0. The SMILES string of the molecule is COC(=O)C#Cc1ccccc1-c1ccc(C)cc1. The summed E-state index contributed by atoms with van der Waals surface area (Å²) in [7, 11) is 1.32. The molecule has 0 saturated carbocycles. The van der Waals surface area contributed by atoms with E-state index in [-0.39, 0.29) is 0 Å². The second kappa shape index (κ2) is 5.88. The van der Waals surface area contributed by atoms with Crippen LogP contribution in [0.4, 0.5) is 0 Å². The van der Waals surface area contributed by atoms with Gasteiger partial charge in [-0.2, -0.15) is 0 Å². The monoisotopic (exact) mass is 250 g/mol. The highest BCUT2D eigenvalue weighted by Crippen LogP contribution is 2.23. The Morgan fingerprint density at radius 2 is 1.74 bits per heavy atom. The van der Waals surface area contributed by atoms with Crippen molar-refractivity contribution in [2.24, 2.45) is 0 Å². The van der Waals surface area contributed by atoms with E-state index in [1.165, 1.54) is 12.7 Å². The molecule has 2 nitrogen and oxygen atoms in total. The topological polar surface area (TPSA) is 26.3 Å². The molecule has 0 atom stereocenters. The van der Waals surface area contributed by atoms with Crippen molar-refractivity contribution in [2.75, 3.05) is 7.11 Å². The average Bonchev–Trinajstić information content (AvgIpc) is 2.46. The smallest absolute Gasteiger partial charge is 0.384 e. The summed E-state index contributed by atoms with van der Waals surface area (Å²) in [5.41, 5.74) is 4.12. The quantitative estimate of drug-likeness (QED) is 0.574. The maximum Gasteiger partial charge on any atom is 0.384 e. The summed E-state index contributed by atoms with van der Waals surface area (Å²) in [6.45, 7) is 2.05. The van der Waals surface area contributed by atoms with Gasteiger partial charge in [-0.25, -0.2) is 4.79 Å². The van der Waals surface area contributed by atoms with Gasteiger partial charge >= 0.3 is 5.97 Å². The van der Waals surface area contributed by atoms with Crippen molar-refractivity contribution < 1.29 is 9.53 Å². The molecule has 0 aliphatic rings. The number of hydrogen-bond acceptors (Lipinski definition) is 2. The molecule has 0 aromatic heterocycles. The Morgan fingerprint density at radius 3 is 2.42 bits per heavy atom. The Bertz CT molecular complexity index is 643. The van der Waals surface area contributed by atoms with Crippen molar-refractivity contribution in [1.29, 1.82) is 0 Å².